The summed E-state index contributed by atoms with van der Waals surface area (Å²) in [6.07, 6.45) is 20.8. The summed E-state index contributed by atoms with van der Waals surface area (Å²) >= 11 is 0. The van der Waals surface area contributed by atoms with Gasteiger partial charge in [-0.05, 0) is 136 Å². The molecule has 4 heterocycles. The number of phenolic OH excluding ortho intramolecular Hbond substituents is 1. The largest absolute Gasteiger partial charge is 0.502 e. The number of methoxy groups -OCH3 is 2. The number of ether oxygens (including phenoxy) is 5. The standard InChI is InChI=1S/C68H83N3O11/c1-38(2)17-19-41-14-11-30-68(48(41)23-18-39(3)70-68)82-54-34-52(78-4)44-21-22-45-59-51(69-65(77)62(54)61(44)59)33-53-60(45)63(75)46(37-81-53)42-31-55(79-5)64(76)56(32-42)80-36-43(35-72)67-29-12-16-49(50(67)24-20-40-13-7-8-15-47(40)67)66(27-9-6-10-28-66)71-57(73)25-26-58(71)74/h7-8,13,15,20,24-26,31-34,38-39,41,43,46,48-50,63,65,69-70,72,75-77H,6,9-12,14,16-19,21-23,27-30,35-37H2,1-5H3. The van der Waals surface area contributed by atoms with Gasteiger partial charge in [0.1, 0.15) is 17.2 Å². The molecule has 0 radical (unpaired) electrons. The predicted molar refractivity (Wildman–Crippen MR) is 313 cm³/mol. The van der Waals surface area contributed by atoms with Gasteiger partial charge in [-0.3, -0.25) is 19.8 Å². The van der Waals surface area contributed by atoms with E-state index >= 15 is 0 Å². The highest BCUT2D eigenvalue weighted by atomic mass is 16.5. The molecule has 0 spiro atoms. The Bertz CT molecular complexity index is 3200. The zero-order valence-electron chi connectivity index (χ0n) is 48.4. The quantitative estimate of drug-likeness (QED) is 0.0618. The Morgan fingerprint density at radius 1 is 0.793 bits per heavy atom. The zero-order chi connectivity index (χ0) is 56.8. The molecule has 82 heavy (non-hydrogen) atoms. The van der Waals surface area contributed by atoms with E-state index < -0.39 is 40.8 Å². The third kappa shape index (κ3) is 8.76. The van der Waals surface area contributed by atoms with Crippen molar-refractivity contribution in [1.29, 1.82) is 0 Å². The molecule has 9 aliphatic rings. The van der Waals surface area contributed by atoms with Gasteiger partial charge < -0.3 is 49.4 Å². The molecular weight excluding hydrogens is 1030 g/mol. The molecule has 13 rings (SSSR count). The van der Waals surface area contributed by atoms with Crippen LogP contribution in [-0.2, 0) is 27.8 Å². The maximum Gasteiger partial charge on any atom is 0.254 e. The van der Waals surface area contributed by atoms with Gasteiger partial charge >= 0.3 is 0 Å². The van der Waals surface area contributed by atoms with Crippen LogP contribution < -0.4 is 34.3 Å². The molecular formula is C68H83N3O11. The number of benzene rings is 4. The van der Waals surface area contributed by atoms with Crippen molar-refractivity contribution in [3.8, 4) is 45.6 Å². The summed E-state index contributed by atoms with van der Waals surface area (Å²) in [5.74, 6) is 1.71. The monoisotopic (exact) mass is 1120 g/mol. The number of nitrogens with one attached hydrogen (secondary N) is 2. The number of imide groups is 1. The summed E-state index contributed by atoms with van der Waals surface area (Å²) in [7, 11) is 3.20. The molecule has 4 aromatic rings. The Morgan fingerprint density at radius 2 is 1.55 bits per heavy atom. The number of amides is 2. The minimum atomic E-state index is -1.08. The Kier molecular flexibility index (Phi) is 14.5. The molecule has 4 aromatic carbocycles. The van der Waals surface area contributed by atoms with Crippen LogP contribution in [0.4, 0.5) is 5.69 Å². The van der Waals surface area contributed by atoms with Crippen LogP contribution in [0.25, 0.3) is 17.2 Å². The van der Waals surface area contributed by atoms with E-state index in [0.717, 1.165) is 116 Å². The zero-order valence-corrected chi connectivity index (χ0v) is 48.4. The average Bonchev–Trinajstić information content (AvgIpc) is 3.95. The number of aliphatic hydroxyl groups is 3. The molecule has 6 N–H and O–H groups in total. The number of nitrogens with zero attached hydrogens (tertiary/aromatic N) is 1. The van der Waals surface area contributed by atoms with Crippen LogP contribution in [0.5, 0.6) is 34.5 Å². The Hall–Kier alpha value is -6.06. The molecule has 5 aliphatic carbocycles. The van der Waals surface area contributed by atoms with Gasteiger partial charge in [0.15, 0.2) is 23.5 Å². The van der Waals surface area contributed by atoms with Gasteiger partial charge in [0.2, 0.25) is 5.75 Å². The summed E-state index contributed by atoms with van der Waals surface area (Å²) in [6, 6.07) is 16.0. The van der Waals surface area contributed by atoms with Crippen LogP contribution in [0.1, 0.15) is 174 Å². The summed E-state index contributed by atoms with van der Waals surface area (Å²) in [6.45, 7) is 6.78. The van der Waals surface area contributed by atoms with Gasteiger partial charge in [0.25, 0.3) is 11.8 Å². The van der Waals surface area contributed by atoms with Gasteiger partial charge in [0.05, 0.1) is 51.2 Å². The first kappa shape index (κ1) is 55.1. The van der Waals surface area contributed by atoms with Crippen molar-refractivity contribution in [2.24, 2.45) is 35.5 Å². The van der Waals surface area contributed by atoms with Crippen LogP contribution >= 0.6 is 0 Å². The van der Waals surface area contributed by atoms with Crippen molar-refractivity contribution in [3.05, 3.63) is 106 Å². The number of hydrogen-bond donors (Lipinski definition) is 6. The van der Waals surface area contributed by atoms with Gasteiger partial charge in [-0.1, -0.05) is 82.4 Å². The van der Waals surface area contributed by atoms with Crippen molar-refractivity contribution >= 4 is 23.6 Å². The van der Waals surface area contributed by atoms with E-state index in [0.29, 0.717) is 64.5 Å². The van der Waals surface area contributed by atoms with Gasteiger partial charge in [0, 0.05) is 87.9 Å². The summed E-state index contributed by atoms with van der Waals surface area (Å²) in [5.41, 5.74) is 6.71. The van der Waals surface area contributed by atoms with Gasteiger partial charge in [-0.15, -0.1) is 0 Å². The first-order valence-electron chi connectivity index (χ1n) is 30.9. The summed E-state index contributed by atoms with van der Waals surface area (Å²) in [5, 5.41) is 56.3. The predicted octanol–water partition coefficient (Wildman–Crippen LogP) is 11.5. The third-order valence-corrected chi connectivity index (χ3v) is 21.5. The van der Waals surface area contributed by atoms with Gasteiger partial charge in [-0.2, -0.15) is 0 Å². The molecule has 14 nitrogen and oxygen atoms in total. The summed E-state index contributed by atoms with van der Waals surface area (Å²) in [4.78, 5) is 29.0. The minimum absolute atomic E-state index is 0.0341. The number of aromatic hydroxyl groups is 1. The SMILES string of the molecule is COc1cc(C2COc3cc4c5c(c3C2O)CCc2c(OC)cc(OC36CCCC(CCC(C)C)C3CCC(C)N6)c(c2-5)C(O)N4)cc(OCC(CO)C23CCCC(C4(N5C(=O)C=CC5=O)CCCCC4)C2C=Cc2ccccc23)c1O. The van der Waals surface area contributed by atoms with Crippen LogP contribution in [0, 0.1) is 35.5 Å². The number of piperidine rings is 1. The molecule has 0 bridgehead atoms. The number of carbonyl (C=O) groups excluding carboxylic acids is 2. The van der Waals surface area contributed by atoms with Gasteiger partial charge in [-0.25, -0.2) is 0 Å². The van der Waals surface area contributed by atoms with Crippen LogP contribution in [-0.4, -0.2) is 88.5 Å². The van der Waals surface area contributed by atoms with Crippen LogP contribution in [0.3, 0.4) is 0 Å². The lowest BCUT2D eigenvalue weighted by molar-refractivity contribution is -0.153. The topological polar surface area (TPSA) is 189 Å². The van der Waals surface area contributed by atoms with E-state index in [2.05, 4.69) is 55.7 Å². The normalized spacial score (nSPS) is 30.5. The number of carbonyl (C=O) groups is 2. The van der Waals surface area contributed by atoms with Crippen molar-refractivity contribution in [3.63, 3.8) is 0 Å². The number of aliphatic hydroxyl groups excluding tert-OH is 3. The highest BCUT2D eigenvalue weighted by Crippen LogP contribution is 2.62. The highest BCUT2D eigenvalue weighted by molar-refractivity contribution is 6.13. The Balaban J connectivity index is 0.832. The fourth-order valence-corrected chi connectivity index (χ4v) is 17.9. The van der Waals surface area contributed by atoms with E-state index in [1.165, 1.54) is 38.5 Å². The molecule has 4 aliphatic heterocycles. The molecule has 11 unspecified atom stereocenters. The second-order valence-electron chi connectivity index (χ2n) is 26.1. The molecule has 11 atom stereocenters. The molecule has 2 amide bonds. The fraction of sp³-hybridized carbons (Fsp3) is 0.559. The molecule has 1 saturated heterocycles. The lowest BCUT2D eigenvalue weighted by Crippen LogP contribution is -2.65. The number of hydrogen-bond acceptors (Lipinski definition) is 13. The first-order valence-corrected chi connectivity index (χ1v) is 30.9. The second kappa shape index (κ2) is 21.5. The molecule has 436 valence electrons. The van der Waals surface area contributed by atoms with Crippen molar-refractivity contribution in [2.75, 3.05) is 39.4 Å². The Morgan fingerprint density at radius 3 is 2.32 bits per heavy atom. The van der Waals surface area contributed by atoms with E-state index in [-0.39, 0.29) is 66.8 Å². The smallest absolute Gasteiger partial charge is 0.254 e. The lowest BCUT2D eigenvalue weighted by Gasteiger charge is -2.60. The molecule has 4 fully saturated rings. The number of fused-ring (bicyclic) bond motifs is 6. The number of anilines is 1. The number of allylic oxidation sites excluding steroid dienone is 1. The number of rotatable bonds is 15. The van der Waals surface area contributed by atoms with Crippen molar-refractivity contribution in [2.45, 2.75) is 171 Å². The second-order valence-corrected chi connectivity index (χ2v) is 26.1. The van der Waals surface area contributed by atoms with E-state index in [9.17, 15) is 30.0 Å². The molecule has 14 heteroatoms. The van der Waals surface area contributed by atoms with Crippen LogP contribution in [0.15, 0.2) is 66.8 Å². The maximum absolute atomic E-state index is 13.7. The molecule has 3 saturated carbocycles. The number of phenols is 1. The Labute approximate surface area is 482 Å². The molecule has 0 aromatic heterocycles. The minimum Gasteiger partial charge on any atom is -0.502 e. The van der Waals surface area contributed by atoms with E-state index in [4.69, 9.17) is 23.7 Å². The average molecular weight is 1120 g/mol. The first-order chi connectivity index (χ1) is 39.7. The van der Waals surface area contributed by atoms with E-state index in [1.807, 2.05) is 24.3 Å². The maximum atomic E-state index is 13.7. The summed E-state index contributed by atoms with van der Waals surface area (Å²) < 4.78 is 33.0. The van der Waals surface area contributed by atoms with Crippen molar-refractivity contribution in [1.82, 2.24) is 10.2 Å². The fourth-order valence-electron chi connectivity index (χ4n) is 17.9. The van der Waals surface area contributed by atoms with E-state index in [1.54, 1.807) is 24.1 Å². The lowest BCUT2D eigenvalue weighted by atomic mass is 9.47. The highest BCUT2D eigenvalue weighted by Gasteiger charge is 2.61. The van der Waals surface area contributed by atoms with Crippen LogP contribution in [0.2, 0.25) is 0 Å². The van der Waals surface area contributed by atoms with Crippen molar-refractivity contribution < 1.29 is 53.7 Å². The third-order valence-electron chi connectivity index (χ3n) is 21.5.